The number of nitrogens with one attached hydrogen (secondary N) is 3. The molecule has 33 heavy (non-hydrogen) atoms. The Balaban J connectivity index is 1.87. The highest BCUT2D eigenvalue weighted by Gasteiger charge is 2.31. The maximum atomic E-state index is 12.4. The Kier molecular flexibility index (Phi) is 9.79. The Hall–Kier alpha value is -2.99. The molecule has 182 valence electrons. The van der Waals surface area contributed by atoms with Crippen molar-refractivity contribution >= 4 is 33.8 Å². The Morgan fingerprint density at radius 3 is 2.52 bits per heavy atom. The van der Waals surface area contributed by atoms with E-state index in [4.69, 9.17) is 0 Å². The number of nitrogens with zero attached hydrogens (tertiary/aromatic N) is 2. The van der Waals surface area contributed by atoms with E-state index in [1.807, 2.05) is 0 Å². The van der Waals surface area contributed by atoms with Gasteiger partial charge in [0.05, 0.1) is 5.75 Å². The van der Waals surface area contributed by atoms with Crippen molar-refractivity contribution in [3.8, 4) is 0 Å². The fraction of sp³-hybridized carbons (Fsp3) is 0.524. The molecule has 1 aliphatic heterocycles. The van der Waals surface area contributed by atoms with Gasteiger partial charge in [-0.1, -0.05) is 19.1 Å². The number of hydrogen-bond donors (Lipinski definition) is 4. The van der Waals surface area contributed by atoms with Crippen molar-refractivity contribution in [2.75, 3.05) is 32.4 Å². The molecule has 1 aromatic carbocycles. The summed E-state index contributed by atoms with van der Waals surface area (Å²) in [5, 5.41) is 17.6. The summed E-state index contributed by atoms with van der Waals surface area (Å²) >= 11 is 0. The molecule has 2 amide bonds. The van der Waals surface area contributed by atoms with Crippen molar-refractivity contribution in [2.45, 2.75) is 38.6 Å². The maximum Gasteiger partial charge on any atom is 0.323 e. The van der Waals surface area contributed by atoms with Crippen LogP contribution in [0.1, 0.15) is 42.1 Å². The topological polar surface area (TPSA) is 157 Å². The molecular formula is C21H31N5O6S. The molecule has 0 aliphatic carbocycles. The van der Waals surface area contributed by atoms with Crippen LogP contribution < -0.4 is 16.0 Å². The van der Waals surface area contributed by atoms with E-state index in [0.29, 0.717) is 30.9 Å². The second kappa shape index (κ2) is 12.3. The molecule has 0 radical (unpaired) electrons. The average Bonchev–Trinajstić information content (AvgIpc) is 2.78. The number of aryl methyl sites for hydroxylation is 1. The molecule has 0 saturated carbocycles. The Morgan fingerprint density at radius 1 is 1.24 bits per heavy atom. The molecule has 11 nitrogen and oxygen atoms in total. The van der Waals surface area contributed by atoms with E-state index in [1.165, 1.54) is 7.05 Å². The van der Waals surface area contributed by atoms with Crippen LogP contribution in [-0.4, -0.2) is 80.0 Å². The van der Waals surface area contributed by atoms with Gasteiger partial charge in [-0.05, 0) is 37.0 Å². The van der Waals surface area contributed by atoms with E-state index in [2.05, 4.69) is 20.9 Å². The first-order chi connectivity index (χ1) is 15.6. The lowest BCUT2D eigenvalue weighted by molar-refractivity contribution is -0.140. The van der Waals surface area contributed by atoms with E-state index in [1.54, 1.807) is 31.2 Å². The molecule has 4 N–H and O–H groups in total. The molecule has 12 heteroatoms. The fourth-order valence-corrected chi connectivity index (χ4v) is 4.51. The van der Waals surface area contributed by atoms with Crippen LogP contribution in [0.15, 0.2) is 29.3 Å². The third kappa shape index (κ3) is 8.13. The molecule has 1 heterocycles. The van der Waals surface area contributed by atoms with Gasteiger partial charge in [-0.25, -0.2) is 8.42 Å². The van der Waals surface area contributed by atoms with Crippen molar-refractivity contribution in [3.63, 3.8) is 0 Å². The number of likely N-dealkylation sites (N-methyl/N-ethyl adjacent to an activating group) is 1. The predicted molar refractivity (Wildman–Crippen MR) is 123 cm³/mol. The van der Waals surface area contributed by atoms with Crippen LogP contribution in [0.2, 0.25) is 0 Å². The van der Waals surface area contributed by atoms with Gasteiger partial charge in [-0.3, -0.25) is 24.7 Å². The number of benzene rings is 1. The van der Waals surface area contributed by atoms with Crippen molar-refractivity contribution < 1.29 is 27.9 Å². The van der Waals surface area contributed by atoms with E-state index < -0.39 is 27.9 Å². The third-order valence-electron chi connectivity index (χ3n) is 5.09. The van der Waals surface area contributed by atoms with Crippen molar-refractivity contribution in [1.82, 2.24) is 20.3 Å². The number of carbonyl (C=O) groups is 3. The molecule has 1 aliphatic rings. The zero-order valence-corrected chi connectivity index (χ0v) is 19.7. The van der Waals surface area contributed by atoms with E-state index in [9.17, 15) is 27.9 Å². The second-order valence-electron chi connectivity index (χ2n) is 7.65. The third-order valence-corrected chi connectivity index (χ3v) is 7.15. The van der Waals surface area contributed by atoms with Gasteiger partial charge in [0.1, 0.15) is 6.04 Å². The first-order valence-electron chi connectivity index (χ1n) is 10.8. The molecule has 0 spiro atoms. The maximum absolute atomic E-state index is 12.4. The van der Waals surface area contributed by atoms with Gasteiger partial charge in [-0.2, -0.15) is 4.31 Å². The van der Waals surface area contributed by atoms with Crippen LogP contribution in [-0.2, 0) is 26.0 Å². The summed E-state index contributed by atoms with van der Waals surface area (Å²) in [6.45, 7) is 2.78. The summed E-state index contributed by atoms with van der Waals surface area (Å²) in [6.07, 6.45) is 2.02. The molecule has 1 atom stereocenters. The molecule has 1 aromatic rings. The molecule has 0 saturated heterocycles. The van der Waals surface area contributed by atoms with Crippen LogP contribution in [0.25, 0.3) is 0 Å². The highest BCUT2D eigenvalue weighted by Crippen LogP contribution is 2.09. The summed E-state index contributed by atoms with van der Waals surface area (Å²) in [5.74, 6) is -1.71. The zero-order valence-electron chi connectivity index (χ0n) is 18.8. The largest absolute Gasteiger partial charge is 0.480 e. The van der Waals surface area contributed by atoms with Gasteiger partial charge in [-0.15, -0.1) is 0 Å². The number of carboxylic acid groups (broad SMARTS) is 1. The number of hydrogen-bond acceptors (Lipinski definition) is 7. The SMILES string of the molecule is CCCS(=O)(=O)N(C)[C@@H](CNC(=O)c1ccc(CCC(=O)NC2=NCCCN2)cc1)C(=O)O. The van der Waals surface area contributed by atoms with Crippen LogP contribution in [0.4, 0.5) is 0 Å². The lowest BCUT2D eigenvalue weighted by atomic mass is 10.1. The number of aliphatic imine (C=N–C) groups is 1. The minimum atomic E-state index is -3.74. The van der Waals surface area contributed by atoms with Crippen molar-refractivity contribution in [3.05, 3.63) is 35.4 Å². The first-order valence-corrected chi connectivity index (χ1v) is 12.4. The molecule has 2 rings (SSSR count). The average molecular weight is 482 g/mol. The molecule has 0 bridgehead atoms. The van der Waals surface area contributed by atoms with Crippen LogP contribution in [0, 0.1) is 0 Å². The smallest absolute Gasteiger partial charge is 0.323 e. The zero-order chi connectivity index (χ0) is 24.4. The van der Waals surface area contributed by atoms with E-state index in [0.717, 1.165) is 22.8 Å². The van der Waals surface area contributed by atoms with Gasteiger partial charge in [0.15, 0.2) is 5.96 Å². The predicted octanol–water partition coefficient (Wildman–Crippen LogP) is -0.0607. The highest BCUT2D eigenvalue weighted by atomic mass is 32.2. The first kappa shape index (κ1) is 26.3. The van der Waals surface area contributed by atoms with Crippen molar-refractivity contribution in [2.24, 2.45) is 4.99 Å². The van der Waals surface area contributed by atoms with Gasteiger partial charge in [0.25, 0.3) is 5.91 Å². The number of guanidine groups is 1. The number of carboxylic acids is 1. The van der Waals surface area contributed by atoms with Gasteiger partial charge >= 0.3 is 5.97 Å². The van der Waals surface area contributed by atoms with E-state index >= 15 is 0 Å². The van der Waals surface area contributed by atoms with E-state index in [-0.39, 0.29) is 24.6 Å². The number of amides is 2. The lowest BCUT2D eigenvalue weighted by Crippen LogP contribution is -2.49. The fourth-order valence-electron chi connectivity index (χ4n) is 3.15. The highest BCUT2D eigenvalue weighted by molar-refractivity contribution is 7.89. The van der Waals surface area contributed by atoms with Crippen LogP contribution in [0.3, 0.4) is 0 Å². The molecule has 0 unspecified atom stereocenters. The summed E-state index contributed by atoms with van der Waals surface area (Å²) in [6, 6.07) is 5.16. The number of aliphatic carboxylic acids is 1. The minimum absolute atomic E-state index is 0.160. The minimum Gasteiger partial charge on any atom is -0.480 e. The molecule has 0 fully saturated rings. The van der Waals surface area contributed by atoms with Crippen molar-refractivity contribution in [1.29, 1.82) is 0 Å². The summed E-state index contributed by atoms with van der Waals surface area (Å²) in [4.78, 5) is 40.2. The Bertz CT molecular complexity index is 977. The monoisotopic (exact) mass is 481 g/mol. The summed E-state index contributed by atoms with van der Waals surface area (Å²) in [5.41, 5.74) is 1.15. The van der Waals surface area contributed by atoms with Gasteiger partial charge in [0.2, 0.25) is 15.9 Å². The van der Waals surface area contributed by atoms with Gasteiger partial charge in [0, 0.05) is 38.7 Å². The number of sulfonamides is 1. The summed E-state index contributed by atoms with van der Waals surface area (Å²) < 4.78 is 25.1. The summed E-state index contributed by atoms with van der Waals surface area (Å²) in [7, 11) is -2.55. The Labute approximate surface area is 193 Å². The quantitative estimate of drug-likeness (QED) is 0.345. The number of carbonyl (C=O) groups excluding carboxylic acids is 2. The second-order valence-corrected chi connectivity index (χ2v) is 9.80. The van der Waals surface area contributed by atoms with Crippen LogP contribution >= 0.6 is 0 Å². The Morgan fingerprint density at radius 2 is 1.94 bits per heavy atom. The number of rotatable bonds is 11. The normalized spacial score (nSPS) is 14.7. The molecule has 0 aromatic heterocycles. The van der Waals surface area contributed by atoms with Gasteiger partial charge < -0.3 is 15.7 Å². The standard InChI is InChI=1S/C21H31N5O6S/c1-3-13-33(31,32)26(2)17(20(29)30)14-24-19(28)16-8-5-15(6-9-16)7-10-18(27)25-21-22-11-4-12-23-21/h5-6,8-9,17H,3-4,7,10-14H2,1-2H3,(H,24,28)(H,29,30)(H2,22,23,25,27)/t17-/m0/s1. The van der Waals surface area contributed by atoms with Crippen LogP contribution in [0.5, 0.6) is 0 Å². The lowest BCUT2D eigenvalue weighted by Gasteiger charge is -2.24. The molecular weight excluding hydrogens is 450 g/mol.